The Balaban J connectivity index is 1.68. The first kappa shape index (κ1) is 19.5. The van der Waals surface area contributed by atoms with Crippen molar-refractivity contribution in [3.05, 3.63) is 101 Å². The third-order valence-electron chi connectivity index (χ3n) is 4.70. The van der Waals surface area contributed by atoms with Crippen LogP contribution in [0.5, 0.6) is 5.75 Å². The van der Waals surface area contributed by atoms with Gasteiger partial charge < -0.3 is 4.74 Å². The topological polar surface area (TPSA) is 9.23 Å². The zero-order valence-electron chi connectivity index (χ0n) is 15.8. The van der Waals surface area contributed by atoms with Crippen LogP contribution in [-0.4, -0.2) is 7.11 Å². The van der Waals surface area contributed by atoms with Gasteiger partial charge in [0.2, 0.25) is 0 Å². The molecule has 4 aromatic carbocycles. The summed E-state index contributed by atoms with van der Waals surface area (Å²) in [6.07, 6.45) is 0. The Bertz CT molecular complexity index is 1290. The fourth-order valence-corrected chi connectivity index (χ4v) is 3.12. The van der Waals surface area contributed by atoms with Crippen LogP contribution in [0.4, 0.5) is 17.6 Å². The van der Waals surface area contributed by atoms with Crippen LogP contribution in [-0.2, 0) is 0 Å². The lowest BCUT2D eigenvalue weighted by Crippen LogP contribution is -1.93. The van der Waals surface area contributed by atoms with E-state index in [1.807, 2.05) is 0 Å². The normalized spacial score (nSPS) is 10.6. The highest BCUT2D eigenvalue weighted by atomic mass is 19.2. The number of methoxy groups -OCH3 is 1. The third-order valence-corrected chi connectivity index (χ3v) is 4.70. The van der Waals surface area contributed by atoms with Crippen molar-refractivity contribution in [1.82, 2.24) is 0 Å². The second-order valence-corrected chi connectivity index (χ2v) is 6.59. The first-order valence-corrected chi connectivity index (χ1v) is 8.99. The maximum absolute atomic E-state index is 14.5. The molecule has 4 rings (SSSR count). The maximum atomic E-state index is 14.5. The van der Waals surface area contributed by atoms with Crippen molar-refractivity contribution < 1.29 is 22.3 Å². The average molecular weight is 406 g/mol. The number of hydrogen-bond acceptors (Lipinski definition) is 1. The molecule has 0 spiro atoms. The molecule has 0 atom stereocenters. The first-order chi connectivity index (χ1) is 14.5. The molecule has 0 amide bonds. The van der Waals surface area contributed by atoms with E-state index < -0.39 is 23.3 Å². The summed E-state index contributed by atoms with van der Waals surface area (Å²) >= 11 is 0. The number of ether oxygens (including phenoxy) is 1. The van der Waals surface area contributed by atoms with E-state index in [2.05, 4.69) is 11.8 Å². The van der Waals surface area contributed by atoms with Crippen LogP contribution in [0.1, 0.15) is 11.1 Å². The van der Waals surface area contributed by atoms with Gasteiger partial charge in [0.05, 0.1) is 12.7 Å². The lowest BCUT2D eigenvalue weighted by Gasteiger charge is -2.06. The van der Waals surface area contributed by atoms with Crippen molar-refractivity contribution in [3.8, 4) is 28.7 Å². The van der Waals surface area contributed by atoms with E-state index >= 15 is 0 Å². The molecule has 0 bridgehead atoms. The van der Waals surface area contributed by atoms with E-state index in [1.165, 1.54) is 43.5 Å². The van der Waals surface area contributed by atoms with E-state index in [1.54, 1.807) is 24.3 Å². The predicted octanol–water partition coefficient (Wildman–Crippen LogP) is 6.47. The van der Waals surface area contributed by atoms with Gasteiger partial charge in [0.1, 0.15) is 17.4 Å². The van der Waals surface area contributed by atoms with Crippen LogP contribution in [0.2, 0.25) is 0 Å². The zero-order chi connectivity index (χ0) is 21.3. The predicted molar refractivity (Wildman–Crippen MR) is 108 cm³/mol. The van der Waals surface area contributed by atoms with Gasteiger partial charge >= 0.3 is 0 Å². The van der Waals surface area contributed by atoms with Gasteiger partial charge in [-0.25, -0.2) is 17.6 Å². The Labute approximate surface area is 170 Å². The molecule has 0 aromatic heterocycles. The van der Waals surface area contributed by atoms with Crippen LogP contribution in [0.25, 0.3) is 21.9 Å². The van der Waals surface area contributed by atoms with Crippen LogP contribution >= 0.6 is 0 Å². The fourth-order valence-electron chi connectivity index (χ4n) is 3.12. The van der Waals surface area contributed by atoms with Crippen molar-refractivity contribution in [2.24, 2.45) is 0 Å². The summed E-state index contributed by atoms with van der Waals surface area (Å²) < 4.78 is 61.2. The van der Waals surface area contributed by atoms with Crippen molar-refractivity contribution in [2.75, 3.05) is 7.11 Å². The van der Waals surface area contributed by atoms with E-state index in [0.717, 1.165) is 6.07 Å². The smallest absolute Gasteiger partial charge is 0.166 e. The standard InChI is InChI=1S/C25H14F4O/c1-30-19-7-4-16(5-8-19)18-13-23(27)21(24(28)14-18)10-3-15-2-9-20-17(12-15)6-11-22(26)25(20)29/h2,4-9,11-14H,1H3. The molecule has 0 aliphatic heterocycles. The van der Waals surface area contributed by atoms with Gasteiger partial charge in [-0.3, -0.25) is 0 Å². The van der Waals surface area contributed by atoms with Gasteiger partial charge in [-0.15, -0.1) is 0 Å². The van der Waals surface area contributed by atoms with Gasteiger partial charge in [-0.05, 0) is 59.0 Å². The second-order valence-electron chi connectivity index (χ2n) is 6.59. The summed E-state index contributed by atoms with van der Waals surface area (Å²) in [6, 6.07) is 16.1. The van der Waals surface area contributed by atoms with E-state index in [4.69, 9.17) is 4.74 Å². The SMILES string of the molecule is COc1ccc(-c2cc(F)c(C#Cc3ccc4c(F)c(F)ccc4c3)c(F)c2)cc1. The molecule has 0 heterocycles. The van der Waals surface area contributed by atoms with Gasteiger partial charge in [0.15, 0.2) is 11.6 Å². The molecule has 0 radical (unpaired) electrons. The summed E-state index contributed by atoms with van der Waals surface area (Å²) in [4.78, 5) is 0. The van der Waals surface area contributed by atoms with Crippen molar-refractivity contribution in [1.29, 1.82) is 0 Å². The van der Waals surface area contributed by atoms with Crippen LogP contribution in [0.15, 0.2) is 66.7 Å². The zero-order valence-corrected chi connectivity index (χ0v) is 15.8. The highest BCUT2D eigenvalue weighted by molar-refractivity contribution is 5.84. The lowest BCUT2D eigenvalue weighted by atomic mass is 10.0. The van der Waals surface area contributed by atoms with Crippen molar-refractivity contribution in [3.63, 3.8) is 0 Å². The highest BCUT2D eigenvalue weighted by Crippen LogP contribution is 2.26. The molecular formula is C25H14F4O. The number of hydrogen-bond donors (Lipinski definition) is 0. The quantitative estimate of drug-likeness (QED) is 0.274. The van der Waals surface area contributed by atoms with Crippen molar-refractivity contribution in [2.45, 2.75) is 0 Å². The summed E-state index contributed by atoms with van der Waals surface area (Å²) in [6.45, 7) is 0. The molecule has 0 N–H and O–H groups in total. The fraction of sp³-hybridized carbons (Fsp3) is 0.0400. The maximum Gasteiger partial charge on any atom is 0.166 e. The monoisotopic (exact) mass is 406 g/mol. The number of fused-ring (bicyclic) bond motifs is 1. The molecule has 0 fully saturated rings. The minimum atomic E-state index is -0.946. The molecule has 0 unspecified atom stereocenters. The summed E-state index contributed by atoms with van der Waals surface area (Å²) in [7, 11) is 1.53. The van der Waals surface area contributed by atoms with Crippen LogP contribution in [0, 0.1) is 35.1 Å². The first-order valence-electron chi connectivity index (χ1n) is 8.99. The molecule has 0 aliphatic carbocycles. The number of rotatable bonds is 2. The molecule has 0 saturated carbocycles. The van der Waals surface area contributed by atoms with Gasteiger partial charge in [0.25, 0.3) is 0 Å². The Morgan fingerprint density at radius 2 is 1.37 bits per heavy atom. The third kappa shape index (κ3) is 3.72. The van der Waals surface area contributed by atoms with Crippen LogP contribution in [0.3, 0.4) is 0 Å². The molecule has 0 saturated heterocycles. The lowest BCUT2D eigenvalue weighted by molar-refractivity contribution is 0.415. The molecule has 0 aliphatic rings. The van der Waals surface area contributed by atoms with Crippen molar-refractivity contribution >= 4 is 10.8 Å². The van der Waals surface area contributed by atoms with E-state index in [-0.39, 0.29) is 10.9 Å². The number of benzene rings is 4. The highest BCUT2D eigenvalue weighted by Gasteiger charge is 2.11. The van der Waals surface area contributed by atoms with Gasteiger partial charge in [-0.2, -0.15) is 0 Å². The number of halogens is 4. The molecule has 30 heavy (non-hydrogen) atoms. The molecule has 148 valence electrons. The largest absolute Gasteiger partial charge is 0.497 e. The summed E-state index contributed by atoms with van der Waals surface area (Å²) in [5.74, 6) is 2.35. The minimum absolute atomic E-state index is 0.113. The molecule has 4 aromatic rings. The van der Waals surface area contributed by atoms with Gasteiger partial charge in [0, 0.05) is 10.9 Å². The van der Waals surface area contributed by atoms with E-state index in [0.29, 0.717) is 27.8 Å². The second kappa shape index (κ2) is 7.92. The molecule has 1 nitrogen and oxygen atoms in total. The summed E-state index contributed by atoms with van der Waals surface area (Å²) in [5, 5.41) is 0.554. The Hall–Kier alpha value is -3.78. The Morgan fingerprint density at radius 3 is 2.03 bits per heavy atom. The minimum Gasteiger partial charge on any atom is -0.497 e. The molecule has 5 heteroatoms. The molecular weight excluding hydrogens is 392 g/mol. The Morgan fingerprint density at radius 1 is 0.667 bits per heavy atom. The van der Waals surface area contributed by atoms with Gasteiger partial charge in [-0.1, -0.05) is 36.1 Å². The van der Waals surface area contributed by atoms with E-state index in [9.17, 15) is 17.6 Å². The van der Waals surface area contributed by atoms with Crippen LogP contribution < -0.4 is 4.74 Å². The summed E-state index contributed by atoms with van der Waals surface area (Å²) in [5.41, 5.74) is 1.07. The Kier molecular flexibility index (Phi) is 5.16. The average Bonchev–Trinajstić information content (AvgIpc) is 2.75.